The summed E-state index contributed by atoms with van der Waals surface area (Å²) in [5, 5.41) is 11.6. The van der Waals surface area contributed by atoms with Gasteiger partial charge in [-0.2, -0.15) is 0 Å². The maximum Gasteiger partial charge on any atom is 0.225 e. The van der Waals surface area contributed by atoms with Crippen molar-refractivity contribution < 1.29 is 4.79 Å². The van der Waals surface area contributed by atoms with E-state index in [-0.39, 0.29) is 17.9 Å². The fraction of sp³-hybridized carbons (Fsp3) is 0.556. The van der Waals surface area contributed by atoms with Crippen LogP contribution in [0.5, 0.6) is 0 Å². The molecule has 2 aliphatic heterocycles. The molecule has 25 heavy (non-hydrogen) atoms. The third-order valence-electron chi connectivity index (χ3n) is 5.24. The van der Waals surface area contributed by atoms with E-state index < -0.39 is 0 Å². The van der Waals surface area contributed by atoms with Crippen molar-refractivity contribution in [1.29, 1.82) is 0 Å². The zero-order chi connectivity index (χ0) is 17.2. The Labute approximate surface area is 147 Å². The second-order valence-electron chi connectivity index (χ2n) is 6.99. The quantitative estimate of drug-likeness (QED) is 0.912. The van der Waals surface area contributed by atoms with Gasteiger partial charge in [-0.3, -0.25) is 4.79 Å². The van der Waals surface area contributed by atoms with Crippen LogP contribution in [0.4, 0.5) is 5.82 Å². The summed E-state index contributed by atoms with van der Waals surface area (Å²) < 4.78 is 2.12. The number of nitrogens with one attached hydrogen (secondary N) is 1. The van der Waals surface area contributed by atoms with E-state index in [0.29, 0.717) is 0 Å². The number of fused-ring (bicyclic) bond motifs is 1. The monoisotopic (exact) mass is 340 g/mol. The number of anilines is 1. The predicted molar refractivity (Wildman–Crippen MR) is 94.2 cm³/mol. The molecule has 1 N–H and O–H groups in total. The Balaban J connectivity index is 1.37. The van der Waals surface area contributed by atoms with Crippen molar-refractivity contribution in [2.45, 2.75) is 45.2 Å². The van der Waals surface area contributed by atoms with Gasteiger partial charge in [0.25, 0.3) is 0 Å². The first-order valence-corrected chi connectivity index (χ1v) is 9.06. The van der Waals surface area contributed by atoms with Gasteiger partial charge in [-0.15, -0.1) is 10.2 Å². The first kappa shape index (κ1) is 16.1. The van der Waals surface area contributed by atoms with Crippen molar-refractivity contribution >= 4 is 11.7 Å². The zero-order valence-electron chi connectivity index (χ0n) is 14.6. The number of aryl methyl sites for hydroxylation is 2. The highest BCUT2D eigenvalue weighted by atomic mass is 16.2. The molecular formula is C18H24N6O. The highest BCUT2D eigenvalue weighted by molar-refractivity contribution is 5.79. The third-order valence-corrected chi connectivity index (χ3v) is 5.24. The highest BCUT2D eigenvalue weighted by Crippen LogP contribution is 2.22. The molecule has 0 spiro atoms. The number of carbonyl (C=O) groups excluding carboxylic acids is 1. The van der Waals surface area contributed by atoms with Crippen molar-refractivity contribution in [2.75, 3.05) is 18.0 Å². The molecule has 1 amide bonds. The number of amides is 1. The first-order valence-electron chi connectivity index (χ1n) is 9.06. The van der Waals surface area contributed by atoms with Crippen molar-refractivity contribution in [2.24, 2.45) is 5.92 Å². The van der Waals surface area contributed by atoms with E-state index in [4.69, 9.17) is 0 Å². The Morgan fingerprint density at radius 1 is 1.24 bits per heavy atom. The number of nitrogens with zero attached hydrogens (tertiary/aromatic N) is 5. The molecule has 0 bridgehead atoms. The lowest BCUT2D eigenvalue weighted by Crippen LogP contribution is -2.48. The maximum atomic E-state index is 12.8. The highest BCUT2D eigenvalue weighted by Gasteiger charge is 2.29. The van der Waals surface area contributed by atoms with Crippen molar-refractivity contribution in [1.82, 2.24) is 25.1 Å². The van der Waals surface area contributed by atoms with Gasteiger partial charge in [-0.1, -0.05) is 6.07 Å². The molecular weight excluding hydrogens is 316 g/mol. The van der Waals surface area contributed by atoms with E-state index in [1.807, 2.05) is 25.1 Å². The van der Waals surface area contributed by atoms with Gasteiger partial charge in [0.2, 0.25) is 5.91 Å². The summed E-state index contributed by atoms with van der Waals surface area (Å²) in [5.41, 5.74) is 0. The minimum absolute atomic E-state index is 0.0270. The number of rotatable bonds is 3. The number of hydrogen-bond donors (Lipinski definition) is 1. The number of carbonyl (C=O) groups is 1. The molecule has 4 rings (SSSR count). The largest absolute Gasteiger partial charge is 0.356 e. The Bertz CT molecular complexity index is 743. The molecule has 0 aromatic carbocycles. The van der Waals surface area contributed by atoms with E-state index in [0.717, 1.165) is 62.8 Å². The number of hydrogen-bond acceptors (Lipinski definition) is 5. The molecule has 4 heterocycles. The van der Waals surface area contributed by atoms with Gasteiger partial charge in [-0.25, -0.2) is 4.98 Å². The Kier molecular flexibility index (Phi) is 4.38. The molecule has 2 aliphatic rings. The van der Waals surface area contributed by atoms with Gasteiger partial charge in [0.05, 0.1) is 5.92 Å². The van der Waals surface area contributed by atoms with E-state index in [9.17, 15) is 4.79 Å². The molecule has 2 atom stereocenters. The molecule has 0 radical (unpaired) electrons. The lowest BCUT2D eigenvalue weighted by molar-refractivity contribution is -0.126. The molecule has 2 aromatic heterocycles. The van der Waals surface area contributed by atoms with Crippen LogP contribution in [-0.2, 0) is 17.8 Å². The van der Waals surface area contributed by atoms with Crippen LogP contribution in [0.1, 0.15) is 30.9 Å². The van der Waals surface area contributed by atoms with Crippen LogP contribution < -0.4 is 10.2 Å². The second-order valence-corrected chi connectivity index (χ2v) is 6.99. The topological polar surface area (TPSA) is 75.9 Å². The van der Waals surface area contributed by atoms with Crippen LogP contribution >= 0.6 is 0 Å². The average molecular weight is 340 g/mol. The summed E-state index contributed by atoms with van der Waals surface area (Å²) in [7, 11) is 0. The molecule has 7 heteroatoms. The predicted octanol–water partition coefficient (Wildman–Crippen LogP) is 1.33. The molecule has 0 aliphatic carbocycles. The molecule has 2 aromatic rings. The van der Waals surface area contributed by atoms with E-state index in [2.05, 4.69) is 30.0 Å². The van der Waals surface area contributed by atoms with Gasteiger partial charge in [0.1, 0.15) is 17.5 Å². The molecule has 7 nitrogen and oxygen atoms in total. The van der Waals surface area contributed by atoms with Crippen LogP contribution in [0.25, 0.3) is 0 Å². The second kappa shape index (κ2) is 6.82. The SMILES string of the molecule is Cc1nnc2n1C[C@@H](NC(=O)[C@H]1CCCN(c3ccccn3)C1)CC2. The zero-order valence-corrected chi connectivity index (χ0v) is 14.6. The minimum atomic E-state index is 0.0270. The van der Waals surface area contributed by atoms with E-state index in [1.54, 1.807) is 6.20 Å². The summed E-state index contributed by atoms with van der Waals surface area (Å²) in [6.07, 6.45) is 5.57. The lowest BCUT2D eigenvalue weighted by atomic mass is 9.96. The molecule has 132 valence electrons. The van der Waals surface area contributed by atoms with Gasteiger partial charge < -0.3 is 14.8 Å². The van der Waals surface area contributed by atoms with Gasteiger partial charge in [0, 0.05) is 38.3 Å². The van der Waals surface area contributed by atoms with Crippen molar-refractivity contribution in [3.63, 3.8) is 0 Å². The summed E-state index contributed by atoms with van der Waals surface area (Å²) in [6, 6.07) is 6.09. The number of pyridine rings is 1. The molecule has 1 fully saturated rings. The smallest absolute Gasteiger partial charge is 0.225 e. The summed E-state index contributed by atoms with van der Waals surface area (Å²) in [6.45, 7) is 4.45. The van der Waals surface area contributed by atoms with Gasteiger partial charge in [0.15, 0.2) is 0 Å². The third kappa shape index (κ3) is 3.36. The van der Waals surface area contributed by atoms with Crippen LogP contribution in [0, 0.1) is 12.8 Å². The standard InChI is InChI=1S/C18H24N6O/c1-13-21-22-17-8-7-15(12-24(13)17)20-18(25)14-5-4-10-23(11-14)16-6-2-3-9-19-16/h2-3,6,9,14-15H,4-5,7-8,10-12H2,1H3,(H,20,25)/t14-,15-/m0/s1. The van der Waals surface area contributed by atoms with Crippen LogP contribution in [0.2, 0.25) is 0 Å². The summed E-state index contributed by atoms with van der Waals surface area (Å²) in [4.78, 5) is 19.4. The summed E-state index contributed by atoms with van der Waals surface area (Å²) >= 11 is 0. The van der Waals surface area contributed by atoms with Gasteiger partial charge in [-0.05, 0) is 38.3 Å². The van der Waals surface area contributed by atoms with E-state index >= 15 is 0 Å². The van der Waals surface area contributed by atoms with Crippen molar-refractivity contribution in [3.8, 4) is 0 Å². The van der Waals surface area contributed by atoms with Crippen LogP contribution in [0.15, 0.2) is 24.4 Å². The Morgan fingerprint density at radius 3 is 3.00 bits per heavy atom. The molecule has 0 saturated carbocycles. The number of piperidine rings is 1. The Morgan fingerprint density at radius 2 is 2.16 bits per heavy atom. The average Bonchev–Trinajstić information content (AvgIpc) is 3.03. The fourth-order valence-corrected chi connectivity index (χ4v) is 3.84. The molecule has 1 saturated heterocycles. The molecule has 0 unspecified atom stereocenters. The van der Waals surface area contributed by atoms with Crippen molar-refractivity contribution in [3.05, 3.63) is 36.0 Å². The fourth-order valence-electron chi connectivity index (χ4n) is 3.84. The normalized spacial score (nSPS) is 23.2. The van der Waals surface area contributed by atoms with Gasteiger partial charge >= 0.3 is 0 Å². The van der Waals surface area contributed by atoms with Crippen LogP contribution in [-0.4, -0.2) is 44.8 Å². The number of aromatic nitrogens is 4. The van der Waals surface area contributed by atoms with E-state index in [1.165, 1.54) is 0 Å². The maximum absolute atomic E-state index is 12.8. The Hall–Kier alpha value is -2.44. The lowest BCUT2D eigenvalue weighted by Gasteiger charge is -2.34. The summed E-state index contributed by atoms with van der Waals surface area (Å²) in [5.74, 6) is 3.11. The first-order chi connectivity index (χ1) is 12.2. The van der Waals surface area contributed by atoms with Crippen LogP contribution in [0.3, 0.4) is 0 Å². The minimum Gasteiger partial charge on any atom is -0.356 e.